The van der Waals surface area contributed by atoms with Crippen molar-refractivity contribution in [3.8, 4) is 0 Å². The highest BCUT2D eigenvalue weighted by Gasteiger charge is 2.45. The summed E-state index contributed by atoms with van der Waals surface area (Å²) in [4.78, 5) is 26.8. The highest BCUT2D eigenvalue weighted by atomic mass is 19.4. The molecule has 3 aromatic rings. The van der Waals surface area contributed by atoms with Crippen molar-refractivity contribution in [1.82, 2.24) is 9.30 Å². The predicted octanol–water partition coefficient (Wildman–Crippen LogP) is 4.25. The number of benzene rings is 1. The zero-order valence-corrected chi connectivity index (χ0v) is 16.4. The molecule has 1 fully saturated rings. The van der Waals surface area contributed by atoms with E-state index >= 15 is 0 Å². The molecule has 2 heterocycles. The number of hydrogen-bond acceptors (Lipinski definition) is 3. The van der Waals surface area contributed by atoms with Crippen LogP contribution in [0.5, 0.6) is 0 Å². The SMILES string of the molecule is CN(C)C(=O)[C@@H]1C[C@H]1c1cc(Nc2ccc(C(F)(F)F)cc2)c(=O)n2ccccc12. The Morgan fingerprint density at radius 2 is 1.83 bits per heavy atom. The van der Waals surface area contributed by atoms with Crippen LogP contribution in [0.1, 0.15) is 23.5 Å². The molecule has 1 saturated carbocycles. The number of pyridine rings is 2. The average Bonchev–Trinajstić information content (AvgIpc) is 3.50. The van der Waals surface area contributed by atoms with Crippen molar-refractivity contribution < 1.29 is 18.0 Å². The summed E-state index contributed by atoms with van der Waals surface area (Å²) in [5.74, 6) is -0.107. The number of amides is 1. The molecule has 1 amide bonds. The number of halogens is 3. The lowest BCUT2D eigenvalue weighted by atomic mass is 10.1. The van der Waals surface area contributed by atoms with Crippen molar-refractivity contribution in [3.05, 3.63) is 76.2 Å². The van der Waals surface area contributed by atoms with Crippen LogP contribution in [-0.4, -0.2) is 29.3 Å². The van der Waals surface area contributed by atoms with Crippen molar-refractivity contribution in [2.24, 2.45) is 5.92 Å². The van der Waals surface area contributed by atoms with E-state index in [-0.39, 0.29) is 29.0 Å². The fraction of sp³-hybridized carbons (Fsp3) is 0.273. The lowest BCUT2D eigenvalue weighted by Crippen LogP contribution is -2.24. The van der Waals surface area contributed by atoms with E-state index in [9.17, 15) is 22.8 Å². The van der Waals surface area contributed by atoms with Crippen LogP contribution in [0.4, 0.5) is 24.5 Å². The van der Waals surface area contributed by atoms with Gasteiger partial charge < -0.3 is 10.2 Å². The second-order valence-corrected chi connectivity index (χ2v) is 7.66. The van der Waals surface area contributed by atoms with Gasteiger partial charge >= 0.3 is 6.18 Å². The number of aromatic nitrogens is 1. The Bertz CT molecular complexity index is 1170. The molecule has 1 aromatic carbocycles. The first-order valence-corrected chi connectivity index (χ1v) is 9.46. The highest BCUT2D eigenvalue weighted by molar-refractivity contribution is 5.83. The van der Waals surface area contributed by atoms with E-state index in [1.54, 1.807) is 37.3 Å². The molecule has 0 radical (unpaired) electrons. The van der Waals surface area contributed by atoms with Crippen LogP contribution >= 0.6 is 0 Å². The monoisotopic (exact) mass is 415 g/mol. The average molecular weight is 415 g/mol. The Balaban J connectivity index is 1.72. The van der Waals surface area contributed by atoms with Gasteiger partial charge in [-0.3, -0.25) is 14.0 Å². The van der Waals surface area contributed by atoms with Gasteiger partial charge in [-0.05, 0) is 60.4 Å². The van der Waals surface area contributed by atoms with Gasteiger partial charge in [-0.15, -0.1) is 0 Å². The molecule has 0 saturated heterocycles. The molecule has 0 unspecified atom stereocenters. The number of anilines is 2. The molecular weight excluding hydrogens is 395 g/mol. The first-order valence-electron chi connectivity index (χ1n) is 9.46. The minimum absolute atomic E-state index is 0.00828. The number of fused-ring (bicyclic) bond motifs is 1. The van der Waals surface area contributed by atoms with Gasteiger partial charge in [0.05, 0.1) is 11.1 Å². The summed E-state index contributed by atoms with van der Waals surface area (Å²) in [5.41, 5.74) is 1.14. The molecule has 2 aromatic heterocycles. The molecule has 1 aliphatic carbocycles. The quantitative estimate of drug-likeness (QED) is 0.693. The second-order valence-electron chi connectivity index (χ2n) is 7.66. The third-order valence-corrected chi connectivity index (χ3v) is 5.34. The molecule has 0 bridgehead atoms. The number of nitrogens with one attached hydrogen (secondary N) is 1. The Labute approximate surface area is 170 Å². The van der Waals surface area contributed by atoms with Crippen LogP contribution in [0.2, 0.25) is 0 Å². The standard InChI is InChI=1S/C22H20F3N3O2/c1-27(2)20(29)17-11-15(17)16-12-18(21(30)28-10-4-3-5-19(16)28)26-14-8-6-13(7-9-14)22(23,24)25/h3-10,12,15,17,26H,11H2,1-2H3/t15-,17+/m0/s1. The van der Waals surface area contributed by atoms with E-state index in [1.807, 2.05) is 12.1 Å². The summed E-state index contributed by atoms with van der Waals surface area (Å²) < 4.78 is 39.9. The van der Waals surface area contributed by atoms with Gasteiger partial charge in [0.1, 0.15) is 5.69 Å². The van der Waals surface area contributed by atoms with Crippen LogP contribution in [0.3, 0.4) is 0 Å². The van der Waals surface area contributed by atoms with Crippen LogP contribution < -0.4 is 10.9 Å². The maximum absolute atomic E-state index is 12.9. The Hall–Kier alpha value is -3.29. The van der Waals surface area contributed by atoms with Crippen LogP contribution in [0.25, 0.3) is 5.52 Å². The van der Waals surface area contributed by atoms with Gasteiger partial charge in [0.2, 0.25) is 5.91 Å². The van der Waals surface area contributed by atoms with Crippen molar-refractivity contribution in [3.63, 3.8) is 0 Å². The van der Waals surface area contributed by atoms with Gasteiger partial charge in [-0.1, -0.05) is 6.07 Å². The zero-order valence-electron chi connectivity index (χ0n) is 16.4. The molecule has 1 aliphatic rings. The first-order chi connectivity index (χ1) is 14.2. The molecule has 30 heavy (non-hydrogen) atoms. The minimum atomic E-state index is -4.42. The maximum Gasteiger partial charge on any atom is 0.416 e. The van der Waals surface area contributed by atoms with Crippen molar-refractivity contribution in [2.45, 2.75) is 18.5 Å². The molecule has 2 atom stereocenters. The van der Waals surface area contributed by atoms with E-state index in [4.69, 9.17) is 0 Å². The van der Waals surface area contributed by atoms with Gasteiger partial charge in [0.25, 0.3) is 5.56 Å². The lowest BCUT2D eigenvalue weighted by Gasteiger charge is -2.14. The summed E-state index contributed by atoms with van der Waals surface area (Å²) in [6, 6.07) is 11.6. The van der Waals surface area contributed by atoms with Crippen molar-refractivity contribution in [2.75, 3.05) is 19.4 Å². The van der Waals surface area contributed by atoms with Gasteiger partial charge in [-0.25, -0.2) is 0 Å². The molecule has 8 heteroatoms. The normalized spacial score (nSPS) is 18.3. The van der Waals surface area contributed by atoms with Crippen LogP contribution in [0, 0.1) is 5.92 Å². The number of hydrogen-bond donors (Lipinski definition) is 1. The topological polar surface area (TPSA) is 53.8 Å². The van der Waals surface area contributed by atoms with Crippen molar-refractivity contribution >= 4 is 22.8 Å². The number of alkyl halides is 3. The number of carbonyl (C=O) groups is 1. The van der Waals surface area contributed by atoms with E-state index in [0.29, 0.717) is 12.1 Å². The lowest BCUT2D eigenvalue weighted by molar-refractivity contribution is -0.137. The fourth-order valence-corrected chi connectivity index (χ4v) is 3.70. The fourth-order valence-electron chi connectivity index (χ4n) is 3.70. The van der Waals surface area contributed by atoms with Gasteiger partial charge in [0.15, 0.2) is 0 Å². The summed E-state index contributed by atoms with van der Waals surface area (Å²) in [7, 11) is 3.42. The van der Waals surface area contributed by atoms with Crippen molar-refractivity contribution in [1.29, 1.82) is 0 Å². The smallest absolute Gasteiger partial charge is 0.351 e. The van der Waals surface area contributed by atoms with Gasteiger partial charge in [0, 0.05) is 31.9 Å². The molecule has 156 valence electrons. The highest BCUT2D eigenvalue weighted by Crippen LogP contribution is 2.49. The molecule has 0 aliphatic heterocycles. The molecular formula is C22H20F3N3O2. The summed E-state index contributed by atoms with van der Waals surface area (Å²) in [6.07, 6.45) is -2.09. The number of nitrogens with zero attached hydrogens (tertiary/aromatic N) is 2. The molecule has 5 nitrogen and oxygen atoms in total. The first kappa shape index (κ1) is 20.0. The van der Waals surface area contributed by atoms with E-state index < -0.39 is 11.7 Å². The number of rotatable bonds is 4. The van der Waals surface area contributed by atoms with E-state index in [2.05, 4.69) is 5.32 Å². The molecule has 4 rings (SSSR count). The van der Waals surface area contributed by atoms with Crippen LogP contribution in [0.15, 0.2) is 59.5 Å². The van der Waals surface area contributed by atoms with E-state index in [0.717, 1.165) is 23.2 Å². The predicted molar refractivity (Wildman–Crippen MR) is 108 cm³/mol. The third-order valence-electron chi connectivity index (χ3n) is 5.34. The summed E-state index contributed by atoms with van der Waals surface area (Å²) in [5, 5.41) is 2.94. The Morgan fingerprint density at radius 1 is 1.13 bits per heavy atom. The minimum Gasteiger partial charge on any atom is -0.351 e. The third kappa shape index (κ3) is 3.65. The van der Waals surface area contributed by atoms with Crippen LogP contribution in [-0.2, 0) is 11.0 Å². The number of carbonyl (C=O) groups excluding carboxylic acids is 1. The summed E-state index contributed by atoms with van der Waals surface area (Å²) in [6.45, 7) is 0. The Morgan fingerprint density at radius 3 is 2.47 bits per heavy atom. The summed E-state index contributed by atoms with van der Waals surface area (Å²) >= 11 is 0. The second kappa shape index (κ2) is 7.19. The van der Waals surface area contributed by atoms with Gasteiger partial charge in [-0.2, -0.15) is 13.2 Å². The zero-order chi connectivity index (χ0) is 21.6. The molecule has 0 spiro atoms. The van der Waals surface area contributed by atoms with E-state index in [1.165, 1.54) is 16.5 Å². The maximum atomic E-state index is 12.9. The Kier molecular flexibility index (Phi) is 4.80. The molecule has 1 N–H and O–H groups in total. The largest absolute Gasteiger partial charge is 0.416 e.